The van der Waals surface area contributed by atoms with Gasteiger partial charge in [0.15, 0.2) is 24.8 Å². The molecule has 7 N–H and O–H groups in total. The summed E-state index contributed by atoms with van der Waals surface area (Å²) in [5.41, 5.74) is 4.41. The maximum atomic E-state index is 14.9. The van der Waals surface area contributed by atoms with Crippen molar-refractivity contribution in [2.45, 2.75) is 290 Å². The quantitative estimate of drug-likeness (QED) is 0.0242. The first-order valence-corrected chi connectivity index (χ1v) is 30.0. The number of esters is 3. The molecular weight excluding hydrogens is 1200 g/mol. The van der Waals surface area contributed by atoms with Crippen LogP contribution in [0.4, 0.5) is 28.8 Å². The molecule has 0 aromatic heterocycles. The maximum absolute atomic E-state index is 14.9. The molecular formula is C58H98N10O23. The van der Waals surface area contributed by atoms with E-state index in [4.69, 9.17) is 61.6 Å². The Bertz CT molecular complexity index is 2580. The van der Waals surface area contributed by atoms with Gasteiger partial charge in [-0.15, -0.1) is 0 Å². The molecule has 14 atom stereocenters. The van der Waals surface area contributed by atoms with Gasteiger partial charge >= 0.3 is 54.5 Å². The number of nitrogens with one attached hydrogen (secondary N) is 7. The van der Waals surface area contributed by atoms with Crippen molar-refractivity contribution in [3.63, 3.8) is 0 Å². The summed E-state index contributed by atoms with van der Waals surface area (Å²) in [5, 5.41) is 22.9. The number of carbonyl (C=O) groups is 10. The molecule has 3 rings (SSSR count). The first kappa shape index (κ1) is 77.9. The monoisotopic (exact) mass is 1300 g/mol. The molecule has 1 aliphatic carbocycles. The zero-order valence-corrected chi connectivity index (χ0v) is 56.3. The lowest BCUT2D eigenvalue weighted by Crippen LogP contribution is -2.73. The van der Waals surface area contributed by atoms with Gasteiger partial charge in [0.2, 0.25) is 0 Å². The molecule has 1 saturated carbocycles. The molecule has 0 radical (unpaired) electrons. The fraction of sp³-hybridized carbons (Fsp3) is 0.828. The molecule has 0 bridgehead atoms. The molecule has 0 aromatic rings. The Kier molecular flexibility index (Phi) is 28.1. The third-order valence-electron chi connectivity index (χ3n) is 12.3. The van der Waals surface area contributed by atoms with Gasteiger partial charge in [-0.25, -0.2) is 28.8 Å². The van der Waals surface area contributed by atoms with E-state index in [0.717, 1.165) is 20.8 Å². The Morgan fingerprint density at radius 1 is 0.505 bits per heavy atom. The molecule has 33 nitrogen and oxygen atoms in total. The minimum atomic E-state index is -2.02. The summed E-state index contributed by atoms with van der Waals surface area (Å²) in [6.07, 6.45) is -19.6. The summed E-state index contributed by atoms with van der Waals surface area (Å²) in [4.78, 5) is 138. The molecule has 0 spiro atoms. The summed E-state index contributed by atoms with van der Waals surface area (Å²) >= 11 is 0. The van der Waals surface area contributed by atoms with Crippen LogP contribution in [0.25, 0.3) is 10.4 Å². The second kappa shape index (κ2) is 32.8. The first-order chi connectivity index (χ1) is 41.6. The van der Waals surface area contributed by atoms with Crippen molar-refractivity contribution in [3.05, 3.63) is 10.4 Å². The SMILES string of the molecule is CC(=O)OC[C@H]1O[C@H](O[C@@H]2[C@H](N=[N+]=[N-])[C@H](O[C@H]3O[C@H](CNC(=O)OC(C)(C)C)CC[C@H]3NC(=O)OC(C)(C)C)[C@@H](NC(=O)OC(C)(C)C)C[C@H]2NC(=O)[C@H](CCNC(=O)OC(C)(C)C)OC(C)=O)[C@H](NC(=O)OC(C)(C)C)[C@@H](NC(=O)OC(C)(C)C)[C@@H]1OC(C)=O. The number of hydrogen-bond donors (Lipinski definition) is 7. The highest BCUT2D eigenvalue weighted by Crippen LogP contribution is 2.36. The summed E-state index contributed by atoms with van der Waals surface area (Å²) in [7, 11) is 0. The third kappa shape index (κ3) is 29.7. The minimum absolute atomic E-state index is 0.0831. The first-order valence-electron chi connectivity index (χ1n) is 30.0. The topological polar surface area (TPSA) is 424 Å². The zero-order chi connectivity index (χ0) is 69.4. The van der Waals surface area contributed by atoms with Crippen LogP contribution in [-0.4, -0.2) is 199 Å². The van der Waals surface area contributed by atoms with Crippen LogP contribution in [0.15, 0.2) is 5.11 Å². The molecule has 33 heteroatoms. The average molecular weight is 1300 g/mol. The maximum Gasteiger partial charge on any atom is 0.408 e. The summed E-state index contributed by atoms with van der Waals surface area (Å²) in [6, 6.07) is -9.48. The van der Waals surface area contributed by atoms with Crippen molar-refractivity contribution in [2.24, 2.45) is 5.11 Å². The Labute approximate surface area is 531 Å². The predicted molar refractivity (Wildman–Crippen MR) is 319 cm³/mol. The molecule has 2 saturated heterocycles. The molecule has 0 aromatic carbocycles. The number of amides is 7. The van der Waals surface area contributed by atoms with Gasteiger partial charge in [0.25, 0.3) is 5.91 Å². The van der Waals surface area contributed by atoms with Crippen molar-refractivity contribution < 1.29 is 110 Å². The largest absolute Gasteiger partial charge is 0.463 e. The Hall–Kier alpha value is -7.35. The molecule has 3 fully saturated rings. The van der Waals surface area contributed by atoms with Crippen molar-refractivity contribution in [1.82, 2.24) is 37.2 Å². The van der Waals surface area contributed by atoms with E-state index in [9.17, 15) is 53.5 Å². The van der Waals surface area contributed by atoms with Crippen LogP contribution in [0.5, 0.6) is 0 Å². The molecule has 7 amide bonds. The zero-order valence-electron chi connectivity index (χ0n) is 56.3. The van der Waals surface area contributed by atoms with E-state index in [2.05, 4.69) is 47.2 Å². The average Bonchev–Trinajstić information content (AvgIpc) is 0.799. The van der Waals surface area contributed by atoms with Crippen LogP contribution >= 0.6 is 0 Å². The standard InChI is InChI=1S/C58H98N10O23/c1-29(69)79-28-37-43(81-31(3)71)38(65-51(77)90-57(16,17)18)39(66-52(78)91-58(19,20)21)46(83-37)85-41-34(62-44(72)36(80-30(2)70)24-25-60-47(73)86-53(4,5)6)26-35(64-50(76)89-56(13,14)15)42(40(41)67-68-59)84-45-33(63-49(75)88-55(10,11)12)23-22-32(82-45)27-61-48(74)87-54(7,8)9/h32-43,45-46H,22-28H2,1-21H3,(H,60,73)(H,61,74)(H,62,72)(H,63,75)(H,64,76)(H,65,77)(H,66,78)/t32-,33+,34+,35-,36-,37+,38+,39+,40-,41-,42+,43+,45+,46+/m0/s1. The lowest BCUT2D eigenvalue weighted by molar-refractivity contribution is -0.285. The third-order valence-corrected chi connectivity index (χ3v) is 12.3. The molecule has 0 unspecified atom stereocenters. The summed E-state index contributed by atoms with van der Waals surface area (Å²) < 4.78 is 77.0. The van der Waals surface area contributed by atoms with E-state index in [0.29, 0.717) is 0 Å². The van der Waals surface area contributed by atoms with Gasteiger partial charge in [-0.3, -0.25) is 19.2 Å². The predicted octanol–water partition coefficient (Wildman–Crippen LogP) is 5.99. The highest BCUT2D eigenvalue weighted by atomic mass is 16.7. The Morgan fingerprint density at radius 2 is 0.945 bits per heavy atom. The van der Waals surface area contributed by atoms with E-state index in [1.807, 2.05) is 0 Å². The molecule has 2 aliphatic heterocycles. The van der Waals surface area contributed by atoms with E-state index in [1.165, 1.54) is 0 Å². The minimum Gasteiger partial charge on any atom is -0.463 e. The van der Waals surface area contributed by atoms with Crippen LogP contribution in [0.1, 0.15) is 171 Å². The van der Waals surface area contributed by atoms with E-state index < -0.39 is 192 Å². The summed E-state index contributed by atoms with van der Waals surface area (Å²) in [6.45, 7) is 30.8. The van der Waals surface area contributed by atoms with Crippen molar-refractivity contribution in [1.29, 1.82) is 0 Å². The molecule has 518 valence electrons. The second-order valence-corrected chi connectivity index (χ2v) is 27.9. The van der Waals surface area contributed by atoms with Crippen molar-refractivity contribution in [3.8, 4) is 0 Å². The number of ether oxygens (including phenoxy) is 13. The van der Waals surface area contributed by atoms with Crippen LogP contribution in [0, 0.1) is 0 Å². The Balaban J connectivity index is 2.51. The van der Waals surface area contributed by atoms with E-state index in [1.54, 1.807) is 125 Å². The lowest BCUT2D eigenvalue weighted by Gasteiger charge is -2.51. The van der Waals surface area contributed by atoms with Crippen LogP contribution in [0.2, 0.25) is 0 Å². The van der Waals surface area contributed by atoms with Gasteiger partial charge in [0.1, 0.15) is 52.4 Å². The highest BCUT2D eigenvalue weighted by Gasteiger charge is 2.56. The van der Waals surface area contributed by atoms with Gasteiger partial charge in [0, 0.05) is 45.2 Å². The van der Waals surface area contributed by atoms with Crippen LogP contribution in [-0.2, 0) is 80.8 Å². The number of rotatable bonds is 20. The number of azide groups is 1. The molecule has 3 aliphatic rings. The summed E-state index contributed by atoms with van der Waals surface area (Å²) in [5.74, 6) is -3.76. The van der Waals surface area contributed by atoms with Gasteiger partial charge in [0.05, 0.1) is 48.5 Å². The van der Waals surface area contributed by atoms with Gasteiger partial charge in [-0.1, -0.05) is 5.11 Å². The van der Waals surface area contributed by atoms with E-state index in [-0.39, 0.29) is 32.4 Å². The lowest BCUT2D eigenvalue weighted by atomic mass is 9.81. The van der Waals surface area contributed by atoms with Crippen molar-refractivity contribution in [2.75, 3.05) is 19.7 Å². The van der Waals surface area contributed by atoms with Crippen LogP contribution < -0.4 is 37.2 Å². The Morgan fingerprint density at radius 3 is 1.41 bits per heavy atom. The fourth-order valence-electron chi connectivity index (χ4n) is 9.33. The molecule has 2 heterocycles. The number of nitrogens with zero attached hydrogens (tertiary/aromatic N) is 3. The molecule has 91 heavy (non-hydrogen) atoms. The fourth-order valence-corrected chi connectivity index (χ4v) is 9.33. The number of carbonyl (C=O) groups excluding carboxylic acids is 10. The second-order valence-electron chi connectivity index (χ2n) is 27.9. The normalized spacial score (nSPS) is 25.7. The number of hydrogen-bond acceptors (Lipinski definition) is 24. The van der Waals surface area contributed by atoms with Crippen molar-refractivity contribution >= 4 is 60.4 Å². The van der Waals surface area contributed by atoms with Gasteiger partial charge in [-0.05, 0) is 149 Å². The number of alkyl carbamates (subject to hydrolysis) is 6. The highest BCUT2D eigenvalue weighted by molar-refractivity contribution is 5.84. The van der Waals surface area contributed by atoms with Gasteiger partial charge in [-0.2, -0.15) is 0 Å². The van der Waals surface area contributed by atoms with Crippen LogP contribution in [0.3, 0.4) is 0 Å². The smallest absolute Gasteiger partial charge is 0.408 e. The van der Waals surface area contributed by atoms with Gasteiger partial charge < -0.3 is 98.8 Å². The van der Waals surface area contributed by atoms with E-state index >= 15 is 0 Å².